The van der Waals surface area contributed by atoms with Gasteiger partial charge in [-0.15, -0.1) is 11.3 Å². The van der Waals surface area contributed by atoms with Crippen LogP contribution in [0.15, 0.2) is 97.1 Å². The molecule has 0 radical (unpaired) electrons. The molecule has 4 aromatic rings. The lowest BCUT2D eigenvalue weighted by atomic mass is 10.0. The molecule has 2 N–H and O–H groups in total. The van der Waals surface area contributed by atoms with Gasteiger partial charge in [-0.1, -0.05) is 60.7 Å². The van der Waals surface area contributed by atoms with Crippen molar-refractivity contribution in [1.82, 2.24) is 14.9 Å². The van der Waals surface area contributed by atoms with Gasteiger partial charge in [0.2, 0.25) is 5.91 Å². The predicted octanol–water partition coefficient (Wildman–Crippen LogP) is 3.51. The lowest BCUT2D eigenvalue weighted by molar-refractivity contribution is -0.152. The third kappa shape index (κ3) is 4.26. The van der Waals surface area contributed by atoms with E-state index < -0.39 is 40.2 Å². The molecule has 2 aromatic heterocycles. The molecule has 2 aromatic carbocycles. The number of carbonyl (C=O) groups is 2. The number of aromatic nitrogens is 2. The van der Waals surface area contributed by atoms with Crippen LogP contribution in [0.2, 0.25) is 0 Å². The van der Waals surface area contributed by atoms with Gasteiger partial charge in [-0.25, -0.2) is 9.78 Å². The molecular formula is C28H22N4O4S2. The van der Waals surface area contributed by atoms with Crippen LogP contribution in [0, 0.1) is 0 Å². The van der Waals surface area contributed by atoms with Crippen molar-refractivity contribution in [3.63, 3.8) is 0 Å². The van der Waals surface area contributed by atoms with E-state index in [-0.39, 0.29) is 11.4 Å². The third-order valence-electron chi connectivity index (χ3n) is 6.50. The first kappa shape index (κ1) is 24.4. The Balaban J connectivity index is 1.43. The second-order valence-electron chi connectivity index (χ2n) is 8.85. The van der Waals surface area contributed by atoms with Crippen molar-refractivity contribution >= 4 is 39.6 Å². The largest absolute Gasteiger partial charge is 0.448 e. The number of amides is 1. The van der Waals surface area contributed by atoms with E-state index in [2.05, 4.69) is 9.97 Å². The minimum absolute atomic E-state index is 0.0581. The molecule has 190 valence electrons. The second kappa shape index (κ2) is 10.1. The topological polar surface area (TPSA) is 115 Å². The number of pyridine rings is 1. The molecule has 10 heteroatoms. The van der Waals surface area contributed by atoms with Crippen molar-refractivity contribution < 1.29 is 18.5 Å². The predicted molar refractivity (Wildman–Crippen MR) is 145 cm³/mol. The van der Waals surface area contributed by atoms with E-state index in [0.717, 1.165) is 16.7 Å². The molecular weight excluding hydrogens is 520 g/mol. The lowest BCUT2D eigenvalue weighted by Crippen LogP contribution is -2.71. The van der Waals surface area contributed by atoms with Crippen LogP contribution in [-0.4, -0.2) is 48.1 Å². The molecule has 3 unspecified atom stereocenters. The Kier molecular flexibility index (Phi) is 6.44. The lowest BCUT2D eigenvalue weighted by Gasteiger charge is -2.47. The summed E-state index contributed by atoms with van der Waals surface area (Å²) in [6.45, 7) is 0. The van der Waals surface area contributed by atoms with Crippen molar-refractivity contribution in [2.24, 2.45) is 5.73 Å². The normalized spacial score (nSPS) is 20.7. The highest BCUT2D eigenvalue weighted by molar-refractivity contribution is 7.86. The zero-order valence-corrected chi connectivity index (χ0v) is 21.6. The number of esters is 1. The van der Waals surface area contributed by atoms with Crippen LogP contribution in [0.3, 0.4) is 0 Å². The fraction of sp³-hybridized carbons (Fsp3) is 0.143. The summed E-state index contributed by atoms with van der Waals surface area (Å²) in [4.78, 5) is 37.3. The van der Waals surface area contributed by atoms with Gasteiger partial charge >= 0.3 is 5.97 Å². The van der Waals surface area contributed by atoms with Gasteiger partial charge in [0.15, 0.2) is 6.10 Å². The van der Waals surface area contributed by atoms with Crippen LogP contribution in [0.1, 0.15) is 22.1 Å². The molecule has 6 rings (SSSR count). The van der Waals surface area contributed by atoms with Crippen molar-refractivity contribution in [1.29, 1.82) is 0 Å². The van der Waals surface area contributed by atoms with Gasteiger partial charge in [0, 0.05) is 29.7 Å². The van der Waals surface area contributed by atoms with Crippen LogP contribution in [0.25, 0.3) is 16.1 Å². The van der Waals surface area contributed by atoms with Crippen LogP contribution >= 0.6 is 11.3 Å². The Labute approximate surface area is 225 Å². The SMILES string of the molecule is NC1C(=O)N2C(C(=O)OC(c3ccccc3)c3ccccc3)=C(c3cnc(-c4cccnc4)s3)CS(=O)C12. The molecule has 0 aliphatic carbocycles. The van der Waals surface area contributed by atoms with Crippen LogP contribution in [-0.2, 0) is 25.1 Å². The summed E-state index contributed by atoms with van der Waals surface area (Å²) in [5.74, 6) is -1.08. The maximum atomic E-state index is 13.9. The van der Waals surface area contributed by atoms with Gasteiger partial charge in [-0.05, 0) is 23.3 Å². The number of fused-ring (bicyclic) bond motifs is 1. The molecule has 1 amide bonds. The first-order valence-electron chi connectivity index (χ1n) is 11.9. The molecule has 1 saturated heterocycles. The molecule has 1 fully saturated rings. The van der Waals surface area contributed by atoms with Crippen molar-refractivity contribution in [3.05, 3.63) is 113 Å². The summed E-state index contributed by atoms with van der Waals surface area (Å²) >= 11 is 1.34. The van der Waals surface area contributed by atoms with Crippen molar-refractivity contribution in [3.8, 4) is 10.6 Å². The maximum Gasteiger partial charge on any atom is 0.356 e. The number of rotatable bonds is 6. The summed E-state index contributed by atoms with van der Waals surface area (Å²) in [6.07, 6.45) is 4.29. The first-order chi connectivity index (χ1) is 18.5. The highest BCUT2D eigenvalue weighted by atomic mass is 32.2. The van der Waals surface area contributed by atoms with E-state index in [1.54, 1.807) is 18.6 Å². The van der Waals surface area contributed by atoms with Crippen LogP contribution < -0.4 is 5.73 Å². The number of thiazole rings is 1. The summed E-state index contributed by atoms with van der Waals surface area (Å²) < 4.78 is 19.3. The monoisotopic (exact) mass is 542 g/mol. The average molecular weight is 543 g/mol. The van der Waals surface area contributed by atoms with Crippen LogP contribution in [0.4, 0.5) is 0 Å². The van der Waals surface area contributed by atoms with E-state index in [4.69, 9.17) is 10.5 Å². The zero-order chi connectivity index (χ0) is 26.2. The number of β-lactam (4-membered cyclic amide) rings is 1. The Hall–Kier alpha value is -3.99. The van der Waals surface area contributed by atoms with E-state index in [1.165, 1.54) is 16.2 Å². The van der Waals surface area contributed by atoms with Gasteiger partial charge in [0.05, 0.1) is 21.4 Å². The Morgan fingerprint density at radius 1 is 1.03 bits per heavy atom. The Morgan fingerprint density at radius 2 is 1.71 bits per heavy atom. The number of ether oxygens (including phenoxy) is 1. The number of nitrogens with two attached hydrogens (primary N) is 1. The summed E-state index contributed by atoms with van der Waals surface area (Å²) in [5.41, 5.74) is 8.92. The summed E-state index contributed by atoms with van der Waals surface area (Å²) in [6, 6.07) is 21.6. The number of hydrogen-bond donors (Lipinski definition) is 1. The van der Waals surface area contributed by atoms with Gasteiger partial charge in [0.1, 0.15) is 22.1 Å². The third-order valence-corrected chi connectivity index (χ3v) is 9.22. The van der Waals surface area contributed by atoms with E-state index in [0.29, 0.717) is 15.5 Å². The number of nitrogens with zero attached hydrogens (tertiary/aromatic N) is 3. The average Bonchev–Trinajstić information content (AvgIpc) is 3.46. The van der Waals surface area contributed by atoms with E-state index >= 15 is 0 Å². The molecule has 8 nitrogen and oxygen atoms in total. The quantitative estimate of drug-likeness (QED) is 0.293. The second-order valence-corrected chi connectivity index (χ2v) is 11.4. The molecule has 2 aliphatic heterocycles. The summed E-state index contributed by atoms with van der Waals surface area (Å²) in [7, 11) is -1.49. The molecule has 38 heavy (non-hydrogen) atoms. The van der Waals surface area contributed by atoms with E-state index in [9.17, 15) is 13.8 Å². The van der Waals surface area contributed by atoms with Gasteiger partial charge in [0.25, 0.3) is 0 Å². The standard InChI is InChI=1S/C28H22N4O4S2/c29-22-26(33)32-23(28(34)36-24(17-8-3-1-4-9-17)18-10-5-2-6-11-18)20(16-38(35)27(22)32)21-15-31-25(37-21)19-12-7-13-30-14-19/h1-15,22,24,27H,16,29H2. The highest BCUT2D eigenvalue weighted by Crippen LogP contribution is 2.41. The molecule has 0 spiro atoms. The zero-order valence-electron chi connectivity index (χ0n) is 20.0. The Morgan fingerprint density at radius 3 is 2.34 bits per heavy atom. The summed E-state index contributed by atoms with van der Waals surface area (Å²) in [5, 5.41) is -0.0780. The molecule has 2 aliphatic rings. The van der Waals surface area contributed by atoms with Gasteiger partial charge < -0.3 is 10.5 Å². The van der Waals surface area contributed by atoms with Crippen LogP contribution in [0.5, 0.6) is 0 Å². The number of benzene rings is 2. The van der Waals surface area contributed by atoms with Crippen molar-refractivity contribution in [2.75, 3.05) is 5.75 Å². The van der Waals surface area contributed by atoms with Gasteiger partial charge in [-0.3, -0.25) is 18.9 Å². The Bertz CT molecular complexity index is 1520. The number of hydrogen-bond acceptors (Lipinski definition) is 8. The van der Waals surface area contributed by atoms with E-state index in [1.807, 2.05) is 72.8 Å². The minimum atomic E-state index is -1.49. The molecule has 3 atom stereocenters. The molecule has 0 bridgehead atoms. The maximum absolute atomic E-state index is 13.9. The fourth-order valence-electron chi connectivity index (χ4n) is 4.64. The first-order valence-corrected chi connectivity index (χ1v) is 14.1. The molecule has 4 heterocycles. The fourth-order valence-corrected chi connectivity index (χ4v) is 7.32. The highest BCUT2D eigenvalue weighted by Gasteiger charge is 2.55. The number of carbonyl (C=O) groups excluding carboxylic acids is 2. The van der Waals surface area contributed by atoms with Gasteiger partial charge in [-0.2, -0.15) is 0 Å². The minimum Gasteiger partial charge on any atom is -0.448 e. The smallest absolute Gasteiger partial charge is 0.356 e. The van der Waals surface area contributed by atoms with Crippen molar-refractivity contribution in [2.45, 2.75) is 17.5 Å². The molecule has 0 saturated carbocycles.